The third-order valence-corrected chi connectivity index (χ3v) is 10.7. The number of anilines is 2. The first-order valence-electron chi connectivity index (χ1n) is 18.2. The number of nitrogens with one attached hydrogen (secondary N) is 2. The lowest BCUT2D eigenvalue weighted by Crippen LogP contribution is -2.53. The molecule has 2 unspecified atom stereocenters. The van der Waals surface area contributed by atoms with Crippen LogP contribution in [0.1, 0.15) is 88.5 Å². The van der Waals surface area contributed by atoms with Crippen molar-refractivity contribution in [1.82, 2.24) is 10.9 Å². The molecule has 6 nitrogen and oxygen atoms in total. The first-order valence-corrected chi connectivity index (χ1v) is 18.2. The first kappa shape index (κ1) is 34.3. The zero-order chi connectivity index (χ0) is 34.4. The Bertz CT molecular complexity index is 1680. The molecule has 2 fully saturated rings. The molecule has 2 aliphatic heterocycles. The van der Waals surface area contributed by atoms with Crippen LogP contribution in [0.4, 0.5) is 11.4 Å². The van der Waals surface area contributed by atoms with Gasteiger partial charge in [-0.1, -0.05) is 89.1 Å². The van der Waals surface area contributed by atoms with E-state index in [2.05, 4.69) is 133 Å². The largest absolute Gasteiger partial charge is 0.308 e. The smallest absolute Gasteiger partial charge is 0.0998 e. The summed E-state index contributed by atoms with van der Waals surface area (Å²) >= 11 is 0. The number of hydrogen-bond donors (Lipinski definition) is 2. The highest BCUT2D eigenvalue weighted by Crippen LogP contribution is 2.38. The van der Waals surface area contributed by atoms with E-state index in [4.69, 9.17) is 0 Å². The lowest BCUT2D eigenvalue weighted by Gasteiger charge is -2.38. The van der Waals surface area contributed by atoms with E-state index in [0.29, 0.717) is 11.1 Å². The van der Waals surface area contributed by atoms with E-state index in [9.17, 15) is 10.5 Å². The number of aryl methyl sites for hydroxylation is 2. The van der Waals surface area contributed by atoms with Gasteiger partial charge >= 0.3 is 0 Å². The summed E-state index contributed by atoms with van der Waals surface area (Å²) in [6.07, 6.45) is 8.99. The van der Waals surface area contributed by atoms with Gasteiger partial charge in [-0.15, -0.1) is 0 Å². The zero-order valence-electron chi connectivity index (χ0n) is 29.6. The Morgan fingerprint density at radius 1 is 0.633 bits per heavy atom. The summed E-state index contributed by atoms with van der Waals surface area (Å²) in [7, 11) is 0. The van der Waals surface area contributed by atoms with Gasteiger partial charge in [0, 0.05) is 36.3 Å². The van der Waals surface area contributed by atoms with Gasteiger partial charge in [0.15, 0.2) is 0 Å². The van der Waals surface area contributed by atoms with E-state index in [1.54, 1.807) is 0 Å². The predicted octanol–water partition coefficient (Wildman–Crippen LogP) is 9.34. The van der Waals surface area contributed by atoms with E-state index in [1.807, 2.05) is 12.1 Å². The van der Waals surface area contributed by atoms with Crippen LogP contribution < -0.4 is 20.9 Å². The van der Waals surface area contributed by atoms with Crippen molar-refractivity contribution in [3.8, 4) is 34.4 Å². The molecule has 4 aromatic carbocycles. The monoisotopic (exact) mass is 650 g/mol. The van der Waals surface area contributed by atoms with E-state index >= 15 is 0 Å². The Hall–Kier alpha value is -4.62. The van der Waals surface area contributed by atoms with Crippen LogP contribution in [0.25, 0.3) is 22.3 Å². The highest BCUT2D eigenvalue weighted by Gasteiger charge is 2.43. The molecule has 4 aromatic rings. The Morgan fingerprint density at radius 3 is 1.41 bits per heavy atom. The molecule has 6 heteroatoms. The number of hydrogen-bond acceptors (Lipinski definition) is 6. The molecule has 49 heavy (non-hydrogen) atoms. The second kappa shape index (κ2) is 15.3. The Kier molecular flexibility index (Phi) is 10.7. The molecule has 0 amide bonds. The van der Waals surface area contributed by atoms with Crippen molar-refractivity contribution in [2.75, 3.05) is 23.1 Å². The van der Waals surface area contributed by atoms with E-state index < -0.39 is 0 Å². The fraction of sp³-hybridized carbons (Fsp3) is 0.395. The van der Waals surface area contributed by atoms with Crippen LogP contribution in [-0.2, 0) is 12.8 Å². The molecule has 6 rings (SSSR count). The van der Waals surface area contributed by atoms with Crippen LogP contribution in [0.5, 0.6) is 0 Å². The van der Waals surface area contributed by atoms with E-state index in [-0.39, 0.29) is 17.5 Å². The normalized spacial score (nSPS) is 17.7. The van der Waals surface area contributed by atoms with Gasteiger partial charge in [-0.2, -0.15) is 10.5 Å². The maximum atomic E-state index is 9.91. The quantitative estimate of drug-likeness (QED) is 0.159. The van der Waals surface area contributed by atoms with Gasteiger partial charge in [0.05, 0.1) is 34.6 Å². The number of nitrogens with zero attached hydrogens (tertiary/aromatic N) is 4. The van der Waals surface area contributed by atoms with Gasteiger partial charge in [0.25, 0.3) is 0 Å². The molecule has 2 atom stereocenters. The highest BCUT2D eigenvalue weighted by atomic mass is 15.6. The molecule has 0 spiro atoms. The van der Waals surface area contributed by atoms with Crippen molar-refractivity contribution in [3.05, 3.63) is 107 Å². The molecular weight excluding hydrogens is 601 g/mol. The number of unbranched alkanes of at least 4 members (excludes halogenated alkanes) is 2. The molecule has 2 aliphatic rings. The summed E-state index contributed by atoms with van der Waals surface area (Å²) in [4.78, 5) is 0. The number of hydrazine groups is 2. The maximum Gasteiger partial charge on any atom is 0.0998 e. The topological polar surface area (TPSA) is 78.1 Å². The Morgan fingerprint density at radius 2 is 1.04 bits per heavy atom. The third kappa shape index (κ3) is 7.52. The minimum Gasteiger partial charge on any atom is -0.308 e. The molecule has 2 heterocycles. The van der Waals surface area contributed by atoms with Crippen LogP contribution in [0, 0.1) is 28.1 Å². The molecule has 0 saturated carbocycles. The van der Waals surface area contributed by atoms with Gasteiger partial charge in [-0.3, -0.25) is 0 Å². The van der Waals surface area contributed by atoms with Crippen molar-refractivity contribution in [2.45, 2.75) is 91.1 Å². The Labute approximate surface area is 293 Å². The number of rotatable bonds is 12. The average Bonchev–Trinajstić information content (AvgIpc) is 3.86. The summed E-state index contributed by atoms with van der Waals surface area (Å²) < 4.78 is 0. The van der Waals surface area contributed by atoms with Crippen LogP contribution in [0.15, 0.2) is 84.9 Å². The van der Waals surface area contributed by atoms with E-state index in [0.717, 1.165) is 72.4 Å². The van der Waals surface area contributed by atoms with Crippen molar-refractivity contribution in [1.29, 1.82) is 10.5 Å². The lowest BCUT2D eigenvalue weighted by atomic mass is 9.76. The summed E-state index contributed by atoms with van der Waals surface area (Å²) in [6, 6.07) is 35.2. The lowest BCUT2D eigenvalue weighted by molar-refractivity contribution is 0.191. The van der Waals surface area contributed by atoms with Crippen molar-refractivity contribution >= 4 is 11.4 Å². The fourth-order valence-electron chi connectivity index (χ4n) is 7.41. The van der Waals surface area contributed by atoms with E-state index in [1.165, 1.54) is 36.8 Å². The fourth-order valence-corrected chi connectivity index (χ4v) is 7.41. The van der Waals surface area contributed by atoms with Gasteiger partial charge in [0.2, 0.25) is 0 Å². The Balaban J connectivity index is 1.14. The molecule has 2 saturated heterocycles. The molecule has 2 N–H and O–H groups in total. The number of benzene rings is 4. The third-order valence-electron chi connectivity index (χ3n) is 10.7. The second-order valence-corrected chi connectivity index (χ2v) is 14.3. The van der Waals surface area contributed by atoms with Crippen LogP contribution >= 0.6 is 0 Å². The highest BCUT2D eigenvalue weighted by molar-refractivity contribution is 5.76. The molecule has 0 bridgehead atoms. The van der Waals surface area contributed by atoms with Crippen LogP contribution in [0.3, 0.4) is 0 Å². The van der Waals surface area contributed by atoms with Crippen molar-refractivity contribution in [3.63, 3.8) is 0 Å². The molecular formula is C43H50N6. The van der Waals surface area contributed by atoms with Gasteiger partial charge < -0.3 is 10.0 Å². The van der Waals surface area contributed by atoms with Crippen LogP contribution in [-0.4, -0.2) is 25.2 Å². The maximum absolute atomic E-state index is 9.91. The second-order valence-electron chi connectivity index (χ2n) is 14.3. The average molecular weight is 651 g/mol. The minimum atomic E-state index is -0.0308. The predicted molar refractivity (Wildman–Crippen MR) is 202 cm³/mol. The van der Waals surface area contributed by atoms with Gasteiger partial charge in [-0.05, 0) is 103 Å². The standard InChI is InChI=1S/C43H50N6/c1-5-7-9-31-11-15-33(16-12-31)39-27-37(21-19-35(39)29-44)48-25-23-41(46-48)43(3,4)42-24-26-49(47-42)38-22-20-36(30-45)40(28-38)34-17-13-32(14-18-34)10-8-6-2/h11-22,27-28,41-42,46-47H,5-10,23-26H2,1-4H3. The zero-order valence-corrected chi connectivity index (χ0v) is 29.6. The van der Waals surface area contributed by atoms with Crippen LogP contribution in [0.2, 0.25) is 0 Å². The minimum absolute atomic E-state index is 0.0308. The molecule has 0 radical (unpaired) electrons. The summed E-state index contributed by atoms with van der Waals surface area (Å²) in [5.41, 5.74) is 18.1. The first-order chi connectivity index (χ1) is 23.8. The summed E-state index contributed by atoms with van der Waals surface area (Å²) in [5, 5.41) is 24.3. The van der Waals surface area contributed by atoms with Crippen molar-refractivity contribution < 1.29 is 0 Å². The number of nitriles is 2. The summed E-state index contributed by atoms with van der Waals surface area (Å²) in [6.45, 7) is 11.0. The molecule has 0 aromatic heterocycles. The van der Waals surface area contributed by atoms with Gasteiger partial charge in [-0.25, -0.2) is 10.9 Å². The van der Waals surface area contributed by atoms with Gasteiger partial charge in [0.1, 0.15) is 0 Å². The summed E-state index contributed by atoms with van der Waals surface area (Å²) in [5.74, 6) is 0. The molecule has 252 valence electrons. The SMILES string of the molecule is CCCCc1ccc(-c2cc(N3CCC(C(C)(C)C4CCN(c5ccc(C#N)c(-c6ccc(CCCC)cc6)c5)N4)N3)ccc2C#N)cc1. The van der Waals surface area contributed by atoms with Crippen molar-refractivity contribution in [2.24, 2.45) is 5.41 Å². The molecule has 0 aliphatic carbocycles.